The summed E-state index contributed by atoms with van der Waals surface area (Å²) in [4.78, 5) is 7.97. The highest BCUT2D eigenvalue weighted by atomic mass is 35.5. The van der Waals surface area contributed by atoms with Crippen molar-refractivity contribution in [1.29, 1.82) is 0 Å². The molecule has 0 saturated carbocycles. The number of halogens is 1. The van der Waals surface area contributed by atoms with Gasteiger partial charge >= 0.3 is 0 Å². The lowest BCUT2D eigenvalue weighted by atomic mass is 10.3. The highest BCUT2D eigenvalue weighted by Crippen LogP contribution is 2.10. The highest BCUT2D eigenvalue weighted by molar-refractivity contribution is 6.28. The maximum Gasteiger partial charge on any atom is 0.224 e. The lowest BCUT2D eigenvalue weighted by Crippen LogP contribution is -2.12. The molecular weight excluding hydrogens is 186 g/mol. The van der Waals surface area contributed by atoms with Crippen molar-refractivity contribution >= 4 is 17.4 Å². The van der Waals surface area contributed by atoms with Crippen LogP contribution in [-0.2, 0) is 0 Å². The number of hydrogen-bond acceptors (Lipinski definition) is 3. The molecule has 0 aliphatic rings. The summed E-state index contributed by atoms with van der Waals surface area (Å²) in [5.74, 6) is 0.727. The third-order valence-corrected chi connectivity index (χ3v) is 1.73. The van der Waals surface area contributed by atoms with Crippen LogP contribution in [0.4, 0.5) is 5.82 Å². The van der Waals surface area contributed by atoms with Gasteiger partial charge in [0.15, 0.2) is 0 Å². The zero-order valence-electron chi connectivity index (χ0n) is 7.71. The van der Waals surface area contributed by atoms with Crippen LogP contribution in [0.2, 0.25) is 5.28 Å². The largest absolute Gasteiger partial charge is 0.364 e. The second kappa shape index (κ2) is 4.23. The third-order valence-electron chi connectivity index (χ3n) is 1.56. The van der Waals surface area contributed by atoms with Crippen LogP contribution < -0.4 is 5.32 Å². The van der Waals surface area contributed by atoms with E-state index in [0.29, 0.717) is 0 Å². The molecule has 1 atom stereocenters. The van der Waals surface area contributed by atoms with Crippen LogP contribution in [0, 0.1) is 6.92 Å². The molecule has 0 bridgehead atoms. The van der Waals surface area contributed by atoms with Crippen LogP contribution in [-0.4, -0.2) is 16.0 Å². The standard InChI is InChI=1S/C9H12ClN3/c1-4-6(2)11-8-5-7(3)12-9(10)13-8/h4-6H,1H2,2-3H3,(H,11,12,13). The van der Waals surface area contributed by atoms with E-state index in [2.05, 4.69) is 21.9 Å². The zero-order chi connectivity index (χ0) is 9.84. The van der Waals surface area contributed by atoms with Gasteiger partial charge in [-0.05, 0) is 25.4 Å². The Labute approximate surface area is 82.9 Å². The molecule has 1 heterocycles. The molecule has 0 spiro atoms. The third kappa shape index (κ3) is 3.03. The molecule has 3 nitrogen and oxygen atoms in total. The molecule has 4 heteroatoms. The zero-order valence-corrected chi connectivity index (χ0v) is 8.47. The molecule has 0 radical (unpaired) electrons. The van der Waals surface area contributed by atoms with Crippen molar-refractivity contribution in [3.05, 3.63) is 29.7 Å². The Kier molecular flexibility index (Phi) is 3.25. The fourth-order valence-electron chi connectivity index (χ4n) is 0.898. The van der Waals surface area contributed by atoms with E-state index in [1.165, 1.54) is 0 Å². The highest BCUT2D eigenvalue weighted by Gasteiger charge is 2.01. The summed E-state index contributed by atoms with van der Waals surface area (Å²) < 4.78 is 0. The lowest BCUT2D eigenvalue weighted by molar-refractivity contribution is 0.970. The van der Waals surface area contributed by atoms with Crippen LogP contribution in [0.15, 0.2) is 18.7 Å². The number of nitrogens with one attached hydrogen (secondary N) is 1. The van der Waals surface area contributed by atoms with E-state index in [4.69, 9.17) is 11.6 Å². The van der Waals surface area contributed by atoms with Gasteiger partial charge in [0, 0.05) is 17.8 Å². The predicted octanol–water partition coefficient (Wildman–Crippen LogP) is 2.42. The van der Waals surface area contributed by atoms with Gasteiger partial charge in [-0.2, -0.15) is 0 Å². The first kappa shape index (κ1) is 9.99. The average molecular weight is 198 g/mol. The van der Waals surface area contributed by atoms with Gasteiger partial charge in [-0.3, -0.25) is 0 Å². The van der Waals surface area contributed by atoms with E-state index in [-0.39, 0.29) is 11.3 Å². The van der Waals surface area contributed by atoms with Crippen molar-refractivity contribution in [3.8, 4) is 0 Å². The summed E-state index contributed by atoms with van der Waals surface area (Å²) in [5.41, 5.74) is 0.846. The second-order valence-corrected chi connectivity index (χ2v) is 3.17. The lowest BCUT2D eigenvalue weighted by Gasteiger charge is -2.09. The summed E-state index contributed by atoms with van der Waals surface area (Å²) in [6.45, 7) is 7.52. The molecular formula is C9H12ClN3. The molecule has 1 unspecified atom stereocenters. The van der Waals surface area contributed by atoms with E-state index >= 15 is 0 Å². The minimum absolute atomic E-state index is 0.172. The smallest absolute Gasteiger partial charge is 0.224 e. The van der Waals surface area contributed by atoms with Crippen molar-refractivity contribution in [2.45, 2.75) is 19.9 Å². The molecule has 13 heavy (non-hydrogen) atoms. The Morgan fingerprint density at radius 2 is 2.31 bits per heavy atom. The van der Waals surface area contributed by atoms with Crippen molar-refractivity contribution in [1.82, 2.24) is 9.97 Å². The minimum atomic E-state index is 0.172. The van der Waals surface area contributed by atoms with Crippen molar-refractivity contribution < 1.29 is 0 Å². The summed E-state index contributed by atoms with van der Waals surface area (Å²) in [6.07, 6.45) is 1.80. The normalized spacial score (nSPS) is 12.2. The Balaban J connectivity index is 2.82. The van der Waals surface area contributed by atoms with Crippen LogP contribution in [0.1, 0.15) is 12.6 Å². The first-order chi connectivity index (χ1) is 6.11. The molecule has 0 aromatic carbocycles. The number of anilines is 1. The van der Waals surface area contributed by atoms with Gasteiger partial charge in [0.1, 0.15) is 5.82 Å². The topological polar surface area (TPSA) is 37.8 Å². The minimum Gasteiger partial charge on any atom is -0.364 e. The first-order valence-electron chi connectivity index (χ1n) is 4.02. The van der Waals surface area contributed by atoms with Gasteiger partial charge in [0.05, 0.1) is 0 Å². The summed E-state index contributed by atoms with van der Waals surface area (Å²) in [7, 11) is 0. The maximum absolute atomic E-state index is 5.69. The maximum atomic E-state index is 5.69. The monoisotopic (exact) mass is 197 g/mol. The Morgan fingerprint density at radius 1 is 1.62 bits per heavy atom. The second-order valence-electron chi connectivity index (χ2n) is 2.83. The molecule has 0 aliphatic heterocycles. The molecule has 1 aromatic rings. The molecule has 0 amide bonds. The van der Waals surface area contributed by atoms with Gasteiger partial charge in [-0.15, -0.1) is 6.58 Å². The van der Waals surface area contributed by atoms with Crippen molar-refractivity contribution in [2.75, 3.05) is 5.32 Å². The van der Waals surface area contributed by atoms with Crippen LogP contribution >= 0.6 is 11.6 Å². The first-order valence-corrected chi connectivity index (χ1v) is 4.40. The SMILES string of the molecule is C=CC(C)Nc1cc(C)nc(Cl)n1. The van der Waals surface area contributed by atoms with Gasteiger partial charge < -0.3 is 5.32 Å². The summed E-state index contributed by atoms with van der Waals surface area (Å²) in [6, 6.07) is 2.01. The van der Waals surface area contributed by atoms with Gasteiger partial charge in [0.25, 0.3) is 0 Å². The Hall–Kier alpha value is -1.09. The van der Waals surface area contributed by atoms with Crippen molar-refractivity contribution in [2.24, 2.45) is 0 Å². The average Bonchev–Trinajstić information content (AvgIpc) is 2.02. The predicted molar refractivity (Wildman–Crippen MR) is 55.1 cm³/mol. The Morgan fingerprint density at radius 3 is 2.85 bits per heavy atom. The summed E-state index contributed by atoms with van der Waals surface area (Å²) >= 11 is 5.69. The molecule has 1 aromatic heterocycles. The summed E-state index contributed by atoms with van der Waals surface area (Å²) in [5, 5.41) is 3.38. The van der Waals surface area contributed by atoms with E-state index in [1.807, 2.05) is 19.9 Å². The fraction of sp³-hybridized carbons (Fsp3) is 0.333. The van der Waals surface area contributed by atoms with Crippen LogP contribution in [0.25, 0.3) is 0 Å². The number of rotatable bonds is 3. The van der Waals surface area contributed by atoms with E-state index in [9.17, 15) is 0 Å². The Bertz CT molecular complexity index is 291. The number of aryl methyl sites for hydroxylation is 1. The quantitative estimate of drug-likeness (QED) is 0.598. The van der Waals surface area contributed by atoms with E-state index in [1.54, 1.807) is 6.08 Å². The molecule has 1 rings (SSSR count). The molecule has 0 aliphatic carbocycles. The van der Waals surface area contributed by atoms with Gasteiger partial charge in [-0.25, -0.2) is 9.97 Å². The molecule has 0 fully saturated rings. The number of hydrogen-bond donors (Lipinski definition) is 1. The van der Waals surface area contributed by atoms with Crippen LogP contribution in [0.3, 0.4) is 0 Å². The number of aromatic nitrogens is 2. The molecule has 1 N–H and O–H groups in total. The van der Waals surface area contributed by atoms with E-state index in [0.717, 1.165) is 11.5 Å². The molecule has 70 valence electrons. The van der Waals surface area contributed by atoms with E-state index < -0.39 is 0 Å². The fourth-order valence-corrected chi connectivity index (χ4v) is 1.12. The van der Waals surface area contributed by atoms with Gasteiger partial charge in [-0.1, -0.05) is 6.08 Å². The molecule has 0 saturated heterocycles. The number of nitrogens with zero attached hydrogens (tertiary/aromatic N) is 2. The van der Waals surface area contributed by atoms with Crippen molar-refractivity contribution in [3.63, 3.8) is 0 Å². The van der Waals surface area contributed by atoms with Crippen LogP contribution in [0.5, 0.6) is 0 Å². The van der Waals surface area contributed by atoms with Gasteiger partial charge in [0.2, 0.25) is 5.28 Å².